The summed E-state index contributed by atoms with van der Waals surface area (Å²) < 4.78 is 9.38. The van der Waals surface area contributed by atoms with Crippen LogP contribution in [0, 0.1) is 6.92 Å². The van der Waals surface area contributed by atoms with E-state index in [4.69, 9.17) is 22.1 Å². The van der Waals surface area contributed by atoms with Crippen LogP contribution in [0.5, 0.6) is 11.5 Å². The number of aromatic hydroxyl groups is 1. The lowest BCUT2D eigenvalue weighted by molar-refractivity contribution is 0.0997. The number of methoxy groups -OCH3 is 1. The van der Waals surface area contributed by atoms with E-state index in [1.54, 1.807) is 49.4 Å². The Morgan fingerprint density at radius 2 is 1.88 bits per heavy atom. The number of amides is 2. The second kappa shape index (κ2) is 9.46. The molecular formula is C23H18ClN5O4S. The maximum absolute atomic E-state index is 13.0. The standard InChI is InChI=1S/C23H18ClN5O4S/c1-11-18(21(25)31)23(34-29-11)28-27-19-16-8-7-15(33-2)9-12(16)10-17(20(19)30)22(32)26-14-5-3-13(24)4-6-14/h3-10,30H,1-2H3,(H2,25,31)(H,26,32). The molecule has 1 heterocycles. The van der Waals surface area contributed by atoms with Gasteiger partial charge in [0, 0.05) is 16.1 Å². The Bertz CT molecular complexity index is 1450. The molecule has 0 bridgehead atoms. The van der Waals surface area contributed by atoms with E-state index in [9.17, 15) is 14.7 Å². The van der Waals surface area contributed by atoms with Crippen molar-refractivity contribution < 1.29 is 19.4 Å². The number of fused-ring (bicyclic) bond motifs is 1. The number of azo groups is 1. The van der Waals surface area contributed by atoms with Crippen LogP contribution in [-0.4, -0.2) is 28.4 Å². The Morgan fingerprint density at radius 3 is 2.56 bits per heavy atom. The second-order valence-electron chi connectivity index (χ2n) is 7.18. The van der Waals surface area contributed by atoms with Gasteiger partial charge in [0.15, 0.2) is 10.8 Å². The first kappa shape index (κ1) is 23.1. The van der Waals surface area contributed by atoms with Gasteiger partial charge in [0.1, 0.15) is 17.0 Å². The highest BCUT2D eigenvalue weighted by atomic mass is 35.5. The van der Waals surface area contributed by atoms with Gasteiger partial charge in [0.25, 0.3) is 11.8 Å². The number of nitrogens with zero attached hydrogens (tertiary/aromatic N) is 3. The van der Waals surface area contributed by atoms with E-state index in [0.29, 0.717) is 32.9 Å². The van der Waals surface area contributed by atoms with E-state index >= 15 is 0 Å². The predicted octanol–water partition coefficient (Wildman–Crippen LogP) is 5.74. The molecule has 0 unspecified atom stereocenters. The van der Waals surface area contributed by atoms with Crippen molar-refractivity contribution in [2.24, 2.45) is 16.0 Å². The van der Waals surface area contributed by atoms with Gasteiger partial charge in [-0.2, -0.15) is 4.37 Å². The van der Waals surface area contributed by atoms with Crippen LogP contribution in [0.15, 0.2) is 58.8 Å². The molecule has 0 saturated heterocycles. The van der Waals surface area contributed by atoms with E-state index in [0.717, 1.165) is 11.5 Å². The van der Waals surface area contributed by atoms with Crippen LogP contribution in [0.3, 0.4) is 0 Å². The Hall–Kier alpha value is -4.02. The maximum atomic E-state index is 13.0. The van der Waals surface area contributed by atoms with Crippen LogP contribution in [0.2, 0.25) is 5.02 Å². The molecule has 0 fully saturated rings. The van der Waals surface area contributed by atoms with Crippen molar-refractivity contribution in [2.45, 2.75) is 6.92 Å². The number of anilines is 1. The lowest BCUT2D eigenvalue weighted by atomic mass is 10.0. The van der Waals surface area contributed by atoms with E-state index in [2.05, 4.69) is 19.9 Å². The maximum Gasteiger partial charge on any atom is 0.259 e. The number of rotatable bonds is 6. The average molecular weight is 496 g/mol. The summed E-state index contributed by atoms with van der Waals surface area (Å²) in [6.45, 7) is 1.64. The third-order valence-corrected chi connectivity index (χ3v) is 6.05. The molecular weight excluding hydrogens is 478 g/mol. The monoisotopic (exact) mass is 495 g/mol. The topological polar surface area (TPSA) is 139 Å². The summed E-state index contributed by atoms with van der Waals surface area (Å²) >= 11 is 6.85. The van der Waals surface area contributed by atoms with Crippen LogP contribution in [0.4, 0.5) is 16.4 Å². The van der Waals surface area contributed by atoms with Crippen molar-refractivity contribution in [3.63, 3.8) is 0 Å². The van der Waals surface area contributed by atoms with Gasteiger partial charge in [0.05, 0.1) is 18.4 Å². The lowest BCUT2D eigenvalue weighted by Crippen LogP contribution is -2.12. The fraction of sp³-hybridized carbons (Fsp3) is 0.0870. The average Bonchev–Trinajstić information content (AvgIpc) is 3.19. The van der Waals surface area contributed by atoms with E-state index < -0.39 is 11.8 Å². The number of phenolic OH excluding ortho intramolecular Hbond substituents is 1. The molecule has 0 radical (unpaired) electrons. The first-order valence-corrected chi connectivity index (χ1v) is 11.0. The summed E-state index contributed by atoms with van der Waals surface area (Å²) in [5.74, 6) is -1.07. The van der Waals surface area contributed by atoms with Gasteiger partial charge in [-0.25, -0.2) is 0 Å². The van der Waals surface area contributed by atoms with Gasteiger partial charge in [0.2, 0.25) is 0 Å². The minimum absolute atomic E-state index is 0.0275. The zero-order chi connectivity index (χ0) is 24.4. The summed E-state index contributed by atoms with van der Waals surface area (Å²) in [5.41, 5.74) is 6.52. The van der Waals surface area contributed by atoms with Gasteiger partial charge >= 0.3 is 0 Å². The predicted molar refractivity (Wildman–Crippen MR) is 131 cm³/mol. The molecule has 0 aliphatic carbocycles. The third kappa shape index (κ3) is 4.54. The Morgan fingerprint density at radius 1 is 1.15 bits per heavy atom. The molecule has 0 spiro atoms. The molecule has 1 aromatic heterocycles. The number of phenols is 1. The molecule has 9 nitrogen and oxygen atoms in total. The van der Waals surface area contributed by atoms with Crippen molar-refractivity contribution in [1.29, 1.82) is 0 Å². The Kier molecular flexibility index (Phi) is 6.44. The van der Waals surface area contributed by atoms with Gasteiger partial charge in [-0.05, 0) is 72.4 Å². The molecule has 0 saturated carbocycles. The highest BCUT2D eigenvalue weighted by molar-refractivity contribution is 7.10. The number of nitrogens with two attached hydrogens (primary N) is 1. The van der Waals surface area contributed by atoms with Crippen molar-refractivity contribution in [3.8, 4) is 11.5 Å². The number of aryl methyl sites for hydroxylation is 1. The SMILES string of the molecule is COc1ccc2c(N=Nc3snc(C)c3C(N)=O)c(O)c(C(=O)Nc3ccc(Cl)cc3)cc2c1. The molecule has 0 aliphatic heterocycles. The van der Waals surface area contributed by atoms with Crippen LogP contribution >= 0.6 is 23.1 Å². The van der Waals surface area contributed by atoms with Gasteiger partial charge < -0.3 is 20.9 Å². The number of primary amides is 1. The summed E-state index contributed by atoms with van der Waals surface area (Å²) in [6, 6.07) is 13.2. The number of carbonyl (C=O) groups excluding carboxylic acids is 2. The molecule has 34 heavy (non-hydrogen) atoms. The molecule has 4 aromatic rings. The molecule has 0 atom stereocenters. The van der Waals surface area contributed by atoms with Crippen LogP contribution in [0.1, 0.15) is 26.4 Å². The van der Waals surface area contributed by atoms with Crippen LogP contribution in [0.25, 0.3) is 10.8 Å². The summed E-state index contributed by atoms with van der Waals surface area (Å²) in [5, 5.41) is 23.8. The molecule has 4 rings (SSSR count). The number of hydrogen-bond donors (Lipinski definition) is 3. The molecule has 11 heteroatoms. The van der Waals surface area contributed by atoms with Crippen LogP contribution in [-0.2, 0) is 0 Å². The van der Waals surface area contributed by atoms with Gasteiger partial charge in [-0.15, -0.1) is 10.2 Å². The van der Waals surface area contributed by atoms with E-state index in [1.807, 2.05) is 0 Å². The number of benzene rings is 3. The number of hydrogen-bond acceptors (Lipinski definition) is 8. The fourth-order valence-electron chi connectivity index (χ4n) is 3.29. The number of carbonyl (C=O) groups is 2. The number of halogens is 1. The van der Waals surface area contributed by atoms with Crippen molar-refractivity contribution in [3.05, 3.63) is 70.4 Å². The summed E-state index contributed by atoms with van der Waals surface area (Å²) in [4.78, 5) is 24.8. The fourth-order valence-corrected chi connectivity index (χ4v) is 4.15. The van der Waals surface area contributed by atoms with Gasteiger partial charge in [-0.1, -0.05) is 11.6 Å². The van der Waals surface area contributed by atoms with E-state index in [1.165, 1.54) is 13.2 Å². The van der Waals surface area contributed by atoms with Crippen molar-refractivity contribution in [2.75, 3.05) is 12.4 Å². The Balaban J connectivity index is 1.83. The number of aromatic nitrogens is 1. The molecule has 4 N–H and O–H groups in total. The lowest BCUT2D eigenvalue weighted by Gasteiger charge is -2.12. The zero-order valence-electron chi connectivity index (χ0n) is 18.0. The highest BCUT2D eigenvalue weighted by Crippen LogP contribution is 2.41. The summed E-state index contributed by atoms with van der Waals surface area (Å²) in [7, 11) is 1.52. The van der Waals surface area contributed by atoms with Crippen molar-refractivity contribution in [1.82, 2.24) is 4.37 Å². The quantitative estimate of drug-likeness (QED) is 0.293. The minimum atomic E-state index is -0.685. The highest BCUT2D eigenvalue weighted by Gasteiger charge is 2.20. The largest absolute Gasteiger partial charge is 0.505 e. The second-order valence-corrected chi connectivity index (χ2v) is 8.37. The molecule has 172 valence electrons. The van der Waals surface area contributed by atoms with Gasteiger partial charge in [-0.3, -0.25) is 9.59 Å². The third-order valence-electron chi connectivity index (χ3n) is 4.97. The Labute approximate surface area is 203 Å². The first-order chi connectivity index (χ1) is 16.3. The molecule has 3 aromatic carbocycles. The number of nitrogens with one attached hydrogen (secondary N) is 1. The normalized spacial score (nSPS) is 11.1. The molecule has 2 amide bonds. The molecule has 0 aliphatic rings. The van der Waals surface area contributed by atoms with Crippen LogP contribution < -0.4 is 15.8 Å². The smallest absolute Gasteiger partial charge is 0.259 e. The minimum Gasteiger partial charge on any atom is -0.505 e. The zero-order valence-corrected chi connectivity index (χ0v) is 19.6. The number of ether oxygens (including phenoxy) is 1. The van der Waals surface area contributed by atoms with Crippen molar-refractivity contribution >= 4 is 62.1 Å². The first-order valence-electron chi connectivity index (χ1n) is 9.87. The summed E-state index contributed by atoms with van der Waals surface area (Å²) in [6.07, 6.45) is 0. The van der Waals surface area contributed by atoms with E-state index in [-0.39, 0.29) is 27.6 Å².